The van der Waals surface area contributed by atoms with E-state index in [-0.39, 0.29) is 29.3 Å². The summed E-state index contributed by atoms with van der Waals surface area (Å²) in [4.78, 5) is 29.6. The number of likely N-dealkylation sites (N-methyl/N-ethyl adjacent to an activating group) is 1. The highest BCUT2D eigenvalue weighted by atomic mass is 35.5. The Balaban J connectivity index is 1.88. The van der Waals surface area contributed by atoms with Crippen LogP contribution in [0, 0.1) is 13.8 Å². The van der Waals surface area contributed by atoms with Crippen LogP contribution in [-0.4, -0.2) is 58.5 Å². The standard InChI is InChI=1S/C36H39Cl2N3O6S/c1-6-39-36(43)32(20-26-11-8-7-9-12-26)40(22-29-30(37)13-10-14-31(29)38)35(42)23-41(27-18-24(2)17-25(3)19-27)48(44,45)28-15-16-33(46-4)34(21-28)47-5/h7-19,21,32H,6,20,22-23H2,1-5H3,(H,39,43)/t32-/m0/s1. The number of amides is 2. The molecule has 0 unspecified atom stereocenters. The van der Waals surface area contributed by atoms with Crippen molar-refractivity contribution in [2.24, 2.45) is 0 Å². The van der Waals surface area contributed by atoms with Crippen molar-refractivity contribution in [3.05, 3.63) is 117 Å². The lowest BCUT2D eigenvalue weighted by atomic mass is 10.0. The minimum absolute atomic E-state index is 0.114. The quantitative estimate of drug-likeness (QED) is 0.158. The highest BCUT2D eigenvalue weighted by molar-refractivity contribution is 7.92. The molecule has 0 radical (unpaired) electrons. The SMILES string of the molecule is CCNC(=O)[C@H](Cc1ccccc1)N(Cc1c(Cl)cccc1Cl)C(=O)CN(c1cc(C)cc(C)c1)S(=O)(=O)c1ccc(OC)c(OC)c1. The minimum atomic E-state index is -4.38. The fraction of sp³-hybridized carbons (Fsp3) is 0.278. The van der Waals surface area contributed by atoms with Gasteiger partial charge in [0, 0.05) is 41.2 Å². The molecule has 48 heavy (non-hydrogen) atoms. The van der Waals surface area contributed by atoms with Gasteiger partial charge < -0.3 is 19.7 Å². The largest absolute Gasteiger partial charge is 0.493 e. The summed E-state index contributed by atoms with van der Waals surface area (Å²) in [6.45, 7) is 5.01. The highest BCUT2D eigenvalue weighted by Gasteiger charge is 2.35. The number of benzene rings is 4. The van der Waals surface area contributed by atoms with E-state index in [1.807, 2.05) is 50.2 Å². The summed E-state index contributed by atoms with van der Waals surface area (Å²) in [6, 6.07) is 22.7. The molecule has 9 nitrogen and oxygen atoms in total. The van der Waals surface area contributed by atoms with Crippen LogP contribution in [0.2, 0.25) is 10.0 Å². The molecule has 1 atom stereocenters. The highest BCUT2D eigenvalue weighted by Crippen LogP contribution is 2.33. The maximum Gasteiger partial charge on any atom is 0.264 e. The lowest BCUT2D eigenvalue weighted by Crippen LogP contribution is -2.53. The van der Waals surface area contributed by atoms with Crippen LogP contribution < -0.4 is 19.1 Å². The Hall–Kier alpha value is -4.25. The second-order valence-electron chi connectivity index (χ2n) is 11.2. The first-order valence-electron chi connectivity index (χ1n) is 15.3. The van der Waals surface area contributed by atoms with Crippen LogP contribution in [-0.2, 0) is 32.6 Å². The number of sulfonamides is 1. The van der Waals surface area contributed by atoms with Gasteiger partial charge in [-0.2, -0.15) is 0 Å². The molecule has 12 heteroatoms. The zero-order chi connectivity index (χ0) is 35.0. The molecule has 0 bridgehead atoms. The Kier molecular flexibility index (Phi) is 12.4. The zero-order valence-electron chi connectivity index (χ0n) is 27.5. The number of aryl methyl sites for hydroxylation is 2. The third kappa shape index (κ3) is 8.61. The summed E-state index contributed by atoms with van der Waals surface area (Å²) in [5.74, 6) is -0.488. The van der Waals surface area contributed by atoms with Gasteiger partial charge in [0.25, 0.3) is 10.0 Å². The van der Waals surface area contributed by atoms with E-state index in [1.54, 1.807) is 37.3 Å². The topological polar surface area (TPSA) is 105 Å². The van der Waals surface area contributed by atoms with Gasteiger partial charge in [0.05, 0.1) is 24.8 Å². The Morgan fingerprint density at radius 3 is 2.04 bits per heavy atom. The molecule has 2 amide bonds. The van der Waals surface area contributed by atoms with Crippen molar-refractivity contribution in [3.8, 4) is 11.5 Å². The second-order valence-corrected chi connectivity index (χ2v) is 13.9. The van der Waals surface area contributed by atoms with E-state index < -0.39 is 34.4 Å². The van der Waals surface area contributed by atoms with Crippen molar-refractivity contribution in [3.63, 3.8) is 0 Å². The number of nitrogens with zero attached hydrogens (tertiary/aromatic N) is 2. The first-order chi connectivity index (χ1) is 22.9. The summed E-state index contributed by atoms with van der Waals surface area (Å²) >= 11 is 13.1. The molecule has 0 saturated heterocycles. The maximum atomic E-state index is 14.7. The number of ether oxygens (including phenoxy) is 2. The fourth-order valence-electron chi connectivity index (χ4n) is 5.43. The summed E-state index contributed by atoms with van der Waals surface area (Å²) in [5, 5.41) is 3.45. The lowest BCUT2D eigenvalue weighted by molar-refractivity contribution is -0.140. The first kappa shape index (κ1) is 36.6. The van der Waals surface area contributed by atoms with Crippen molar-refractivity contribution >= 4 is 50.7 Å². The predicted octanol–water partition coefficient (Wildman–Crippen LogP) is 6.60. The number of rotatable bonds is 14. The number of carbonyl (C=O) groups is 2. The molecule has 0 fully saturated rings. The van der Waals surface area contributed by atoms with Crippen LogP contribution in [0.25, 0.3) is 0 Å². The molecule has 0 saturated carbocycles. The van der Waals surface area contributed by atoms with E-state index in [0.29, 0.717) is 27.9 Å². The molecule has 0 aromatic heterocycles. The van der Waals surface area contributed by atoms with Crippen LogP contribution in [0.5, 0.6) is 11.5 Å². The van der Waals surface area contributed by atoms with Gasteiger partial charge in [-0.25, -0.2) is 8.42 Å². The van der Waals surface area contributed by atoms with Gasteiger partial charge in [-0.15, -0.1) is 0 Å². The Morgan fingerprint density at radius 1 is 0.833 bits per heavy atom. The number of halogens is 2. The monoisotopic (exact) mass is 711 g/mol. The second kappa shape index (κ2) is 16.2. The maximum absolute atomic E-state index is 14.7. The molecule has 0 spiro atoms. The van der Waals surface area contributed by atoms with Gasteiger partial charge in [-0.05, 0) is 73.9 Å². The van der Waals surface area contributed by atoms with E-state index in [0.717, 1.165) is 21.0 Å². The molecular weight excluding hydrogens is 673 g/mol. The van der Waals surface area contributed by atoms with Crippen molar-refractivity contribution in [2.45, 2.75) is 44.7 Å². The number of anilines is 1. The average molecular weight is 713 g/mol. The first-order valence-corrected chi connectivity index (χ1v) is 17.5. The van der Waals surface area contributed by atoms with Crippen LogP contribution in [0.1, 0.15) is 29.2 Å². The minimum Gasteiger partial charge on any atom is -0.493 e. The Labute approximate surface area is 292 Å². The van der Waals surface area contributed by atoms with Crippen LogP contribution >= 0.6 is 23.2 Å². The van der Waals surface area contributed by atoms with E-state index >= 15 is 0 Å². The summed E-state index contributed by atoms with van der Waals surface area (Å²) in [6.07, 6.45) is 0.159. The third-order valence-electron chi connectivity index (χ3n) is 7.73. The van der Waals surface area contributed by atoms with Crippen LogP contribution in [0.15, 0.2) is 89.8 Å². The van der Waals surface area contributed by atoms with E-state index in [4.69, 9.17) is 32.7 Å². The van der Waals surface area contributed by atoms with Crippen molar-refractivity contribution in [1.82, 2.24) is 10.2 Å². The van der Waals surface area contributed by atoms with Crippen molar-refractivity contribution in [1.29, 1.82) is 0 Å². The lowest BCUT2D eigenvalue weighted by Gasteiger charge is -2.34. The summed E-state index contributed by atoms with van der Waals surface area (Å²) in [5.41, 5.74) is 3.12. The molecule has 0 aliphatic heterocycles. The predicted molar refractivity (Wildman–Crippen MR) is 190 cm³/mol. The van der Waals surface area contributed by atoms with Gasteiger partial charge in [0.1, 0.15) is 12.6 Å². The summed E-state index contributed by atoms with van der Waals surface area (Å²) in [7, 11) is -1.52. The molecular formula is C36H39Cl2N3O6S. The Morgan fingerprint density at radius 2 is 1.46 bits per heavy atom. The van der Waals surface area contributed by atoms with Gasteiger partial charge in [-0.1, -0.05) is 65.7 Å². The van der Waals surface area contributed by atoms with Crippen molar-refractivity contribution in [2.75, 3.05) is 31.6 Å². The van der Waals surface area contributed by atoms with Gasteiger partial charge in [0.2, 0.25) is 11.8 Å². The van der Waals surface area contributed by atoms with E-state index in [9.17, 15) is 18.0 Å². The molecule has 4 rings (SSSR count). The van der Waals surface area contributed by atoms with Gasteiger partial charge >= 0.3 is 0 Å². The van der Waals surface area contributed by atoms with Gasteiger partial charge in [-0.3, -0.25) is 13.9 Å². The van der Waals surface area contributed by atoms with Gasteiger partial charge in [0.15, 0.2) is 11.5 Å². The number of carbonyl (C=O) groups excluding carboxylic acids is 2. The molecule has 0 aliphatic rings. The van der Waals surface area contributed by atoms with Crippen molar-refractivity contribution < 1.29 is 27.5 Å². The molecule has 4 aromatic carbocycles. The number of nitrogens with one attached hydrogen (secondary N) is 1. The average Bonchev–Trinajstić information content (AvgIpc) is 3.05. The molecule has 0 heterocycles. The van der Waals surface area contributed by atoms with E-state index in [2.05, 4.69) is 5.32 Å². The Bertz CT molecular complexity index is 1830. The number of methoxy groups -OCH3 is 2. The number of hydrogen-bond donors (Lipinski definition) is 1. The molecule has 4 aromatic rings. The van der Waals surface area contributed by atoms with Crippen LogP contribution in [0.3, 0.4) is 0 Å². The normalized spacial score (nSPS) is 11.8. The summed E-state index contributed by atoms with van der Waals surface area (Å²) < 4.78 is 40.7. The fourth-order valence-corrected chi connectivity index (χ4v) is 7.36. The van der Waals surface area contributed by atoms with Crippen LogP contribution in [0.4, 0.5) is 5.69 Å². The molecule has 254 valence electrons. The smallest absolute Gasteiger partial charge is 0.264 e. The molecule has 0 aliphatic carbocycles. The number of hydrogen-bond acceptors (Lipinski definition) is 6. The van der Waals surface area contributed by atoms with E-state index in [1.165, 1.54) is 37.3 Å². The zero-order valence-corrected chi connectivity index (χ0v) is 29.8. The molecule has 1 N–H and O–H groups in total. The third-order valence-corrected chi connectivity index (χ3v) is 10.2.